The van der Waals surface area contributed by atoms with Gasteiger partial charge in [0.25, 0.3) is 12.0 Å². The summed E-state index contributed by atoms with van der Waals surface area (Å²) in [6.45, 7) is 2.29. The molecule has 14 heteroatoms. The summed E-state index contributed by atoms with van der Waals surface area (Å²) in [7, 11) is 0. The van der Waals surface area contributed by atoms with Gasteiger partial charge in [-0.1, -0.05) is 25.1 Å². The molecule has 6 atom stereocenters. The number of aliphatic hydroxyl groups is 4. The molecule has 1 saturated heterocycles. The molecular formula is C30H34N2O12. The number of benzene rings is 1. The summed E-state index contributed by atoms with van der Waals surface area (Å²) in [6.07, 6.45) is -8.16. The molecule has 4 N–H and O–H groups in total. The summed E-state index contributed by atoms with van der Waals surface area (Å²) >= 11 is 0. The lowest BCUT2D eigenvalue weighted by atomic mass is 9.89. The second kappa shape index (κ2) is 13.0. The molecule has 0 bridgehead atoms. The summed E-state index contributed by atoms with van der Waals surface area (Å²) in [6, 6.07) is 11.3. The molecule has 44 heavy (non-hydrogen) atoms. The Morgan fingerprint density at radius 1 is 1.16 bits per heavy atom. The van der Waals surface area contributed by atoms with Gasteiger partial charge in [0.15, 0.2) is 6.29 Å². The summed E-state index contributed by atoms with van der Waals surface area (Å²) in [5, 5.41) is 40.1. The zero-order chi connectivity index (χ0) is 31.6. The van der Waals surface area contributed by atoms with E-state index in [1.54, 1.807) is 24.5 Å². The normalized spacial score (nSPS) is 23.8. The molecule has 5 rings (SSSR count). The number of pyridine rings is 2. The Morgan fingerprint density at radius 2 is 1.93 bits per heavy atom. The zero-order valence-corrected chi connectivity index (χ0v) is 24.1. The van der Waals surface area contributed by atoms with Gasteiger partial charge in [0.05, 0.1) is 42.2 Å². The van der Waals surface area contributed by atoms with Gasteiger partial charge in [-0.05, 0) is 31.5 Å². The van der Waals surface area contributed by atoms with Gasteiger partial charge in [-0.25, -0.2) is 9.78 Å². The van der Waals surface area contributed by atoms with E-state index >= 15 is 0 Å². The van der Waals surface area contributed by atoms with E-state index in [0.29, 0.717) is 17.0 Å². The Hall–Kier alpha value is -3.92. The molecule has 3 unspecified atom stereocenters. The van der Waals surface area contributed by atoms with Crippen LogP contribution in [0.1, 0.15) is 37.0 Å². The number of rotatable bonds is 11. The highest BCUT2D eigenvalue weighted by Crippen LogP contribution is 2.38. The van der Waals surface area contributed by atoms with Gasteiger partial charge in [-0.3, -0.25) is 9.59 Å². The smallest absolute Gasteiger partial charge is 0.463 e. The van der Waals surface area contributed by atoms with E-state index in [0.717, 1.165) is 16.5 Å². The summed E-state index contributed by atoms with van der Waals surface area (Å²) < 4.78 is 28.0. The standard InChI is InChI=1S/C30H34N2O12/c1-3-30(2,44-29(39)42-9-8-41-28-26(37)25(36)24(35)22(13-33)43-28)19-11-21-23-17(10-16-6-4-5-7-20(16)31-23)12-32(21)27(38)18(19)14-40-15-34/h4-7,10-11,15,22,24-26,28,33,35-37H,3,8-9,12-14H2,1-2H3/t22?,24-,25?,26-,28?,30+/m1/s1. The maximum Gasteiger partial charge on any atom is 0.509 e. The zero-order valence-electron chi connectivity index (χ0n) is 24.1. The predicted molar refractivity (Wildman–Crippen MR) is 151 cm³/mol. The van der Waals surface area contributed by atoms with Crippen molar-refractivity contribution in [2.75, 3.05) is 19.8 Å². The van der Waals surface area contributed by atoms with Crippen LogP contribution in [-0.4, -0.2) is 93.1 Å². The number of nitrogens with zero attached hydrogens (tertiary/aromatic N) is 2. The van der Waals surface area contributed by atoms with E-state index in [1.165, 1.54) is 0 Å². The van der Waals surface area contributed by atoms with Gasteiger partial charge in [0.1, 0.15) is 43.2 Å². The average molecular weight is 615 g/mol. The number of aliphatic hydroxyl groups excluding tert-OH is 4. The van der Waals surface area contributed by atoms with Crippen molar-refractivity contribution in [1.82, 2.24) is 9.55 Å². The highest BCUT2D eigenvalue weighted by atomic mass is 16.7. The largest absolute Gasteiger partial charge is 0.509 e. The average Bonchev–Trinajstić information content (AvgIpc) is 3.38. The first-order valence-corrected chi connectivity index (χ1v) is 14.1. The SMILES string of the molecule is CC[C@](C)(OC(=O)OCCOC1OC(CO)[C@@H](O)C(O)[C@H]1O)c1cc2n(c(=O)c1COC=O)Cc1cc3ccccc3nc1-2. The molecule has 1 aromatic carbocycles. The van der Waals surface area contributed by atoms with Crippen molar-refractivity contribution in [2.24, 2.45) is 0 Å². The fourth-order valence-corrected chi connectivity index (χ4v) is 5.47. The number of carbonyl (C=O) groups excluding carboxylic acids is 2. The van der Waals surface area contributed by atoms with E-state index in [9.17, 15) is 34.8 Å². The Labute approximate surface area is 251 Å². The van der Waals surface area contributed by atoms with Crippen molar-refractivity contribution < 1.29 is 53.7 Å². The molecule has 236 valence electrons. The van der Waals surface area contributed by atoms with Crippen molar-refractivity contribution in [3.05, 3.63) is 63.4 Å². The molecule has 0 spiro atoms. The lowest BCUT2D eigenvalue weighted by Crippen LogP contribution is -2.59. The van der Waals surface area contributed by atoms with E-state index in [4.69, 9.17) is 28.7 Å². The maximum atomic E-state index is 13.7. The number of ether oxygens (including phenoxy) is 5. The van der Waals surface area contributed by atoms with Crippen LogP contribution in [0, 0.1) is 0 Å². The third-order valence-electron chi connectivity index (χ3n) is 8.06. The number of para-hydroxylation sites is 1. The van der Waals surface area contributed by atoms with Gasteiger partial charge in [-0.15, -0.1) is 0 Å². The first-order valence-electron chi connectivity index (χ1n) is 14.1. The first kappa shape index (κ1) is 31.5. The molecular weight excluding hydrogens is 580 g/mol. The van der Waals surface area contributed by atoms with Gasteiger partial charge < -0.3 is 48.7 Å². The van der Waals surface area contributed by atoms with Crippen LogP contribution in [0.4, 0.5) is 4.79 Å². The quantitative estimate of drug-likeness (QED) is 0.105. The molecule has 2 aliphatic heterocycles. The summed E-state index contributed by atoms with van der Waals surface area (Å²) in [5.41, 5.74) is 1.43. The van der Waals surface area contributed by atoms with Crippen LogP contribution in [0.15, 0.2) is 41.2 Å². The van der Waals surface area contributed by atoms with Crippen molar-refractivity contribution in [3.63, 3.8) is 0 Å². The fourth-order valence-electron chi connectivity index (χ4n) is 5.47. The van der Waals surface area contributed by atoms with Crippen molar-refractivity contribution in [2.45, 2.75) is 69.7 Å². The number of carbonyl (C=O) groups is 2. The van der Waals surface area contributed by atoms with Crippen molar-refractivity contribution in [3.8, 4) is 11.4 Å². The van der Waals surface area contributed by atoms with E-state index < -0.39 is 54.6 Å². The number of hydrogen-bond acceptors (Lipinski definition) is 13. The van der Waals surface area contributed by atoms with Gasteiger partial charge >= 0.3 is 6.16 Å². The third kappa shape index (κ3) is 5.92. The minimum absolute atomic E-state index is 0.140. The van der Waals surface area contributed by atoms with Crippen LogP contribution in [0.25, 0.3) is 22.3 Å². The van der Waals surface area contributed by atoms with Crippen LogP contribution >= 0.6 is 0 Å². The Balaban J connectivity index is 1.34. The van der Waals surface area contributed by atoms with Crippen LogP contribution < -0.4 is 5.56 Å². The molecule has 0 aliphatic carbocycles. The van der Waals surface area contributed by atoms with Gasteiger partial charge in [0, 0.05) is 16.5 Å². The number of aromatic nitrogens is 2. The number of fused-ring (bicyclic) bond motifs is 4. The fraction of sp³-hybridized carbons (Fsp3) is 0.467. The maximum absolute atomic E-state index is 13.7. The molecule has 1 fully saturated rings. The second-order valence-corrected chi connectivity index (χ2v) is 10.8. The second-order valence-electron chi connectivity index (χ2n) is 10.8. The van der Waals surface area contributed by atoms with Crippen LogP contribution in [0.2, 0.25) is 0 Å². The highest BCUT2D eigenvalue weighted by Gasteiger charge is 2.44. The molecule has 4 heterocycles. The van der Waals surface area contributed by atoms with E-state index in [-0.39, 0.29) is 44.8 Å². The van der Waals surface area contributed by atoms with Crippen LogP contribution in [0.5, 0.6) is 0 Å². The van der Waals surface area contributed by atoms with Gasteiger partial charge in [0.2, 0.25) is 0 Å². The Morgan fingerprint density at radius 3 is 2.66 bits per heavy atom. The predicted octanol–water partition coefficient (Wildman–Crippen LogP) is 0.693. The highest BCUT2D eigenvalue weighted by molar-refractivity contribution is 5.84. The monoisotopic (exact) mass is 614 g/mol. The molecule has 0 radical (unpaired) electrons. The Bertz CT molecular complexity index is 1590. The molecule has 14 nitrogen and oxygen atoms in total. The minimum Gasteiger partial charge on any atom is -0.463 e. The Kier molecular flexibility index (Phi) is 9.29. The lowest BCUT2D eigenvalue weighted by molar-refractivity contribution is -0.302. The molecule has 0 saturated carbocycles. The number of hydrogen-bond donors (Lipinski definition) is 4. The third-order valence-corrected chi connectivity index (χ3v) is 8.06. The topological polar surface area (TPSA) is 196 Å². The first-order chi connectivity index (χ1) is 21.1. The molecule has 3 aromatic rings. The molecule has 0 amide bonds. The summed E-state index contributed by atoms with van der Waals surface area (Å²) in [5.74, 6) is 0. The van der Waals surface area contributed by atoms with Crippen molar-refractivity contribution in [1.29, 1.82) is 0 Å². The molecule has 2 aliphatic rings. The minimum atomic E-state index is -1.61. The molecule has 2 aromatic heterocycles. The van der Waals surface area contributed by atoms with Gasteiger partial charge in [-0.2, -0.15) is 0 Å². The van der Waals surface area contributed by atoms with Crippen LogP contribution in [-0.2, 0) is 47.2 Å². The van der Waals surface area contributed by atoms with Crippen LogP contribution in [0.3, 0.4) is 0 Å². The van der Waals surface area contributed by atoms with E-state index in [1.807, 2.05) is 30.3 Å². The summed E-state index contributed by atoms with van der Waals surface area (Å²) in [4.78, 5) is 42.4. The lowest BCUT2D eigenvalue weighted by Gasteiger charge is -2.39. The van der Waals surface area contributed by atoms with E-state index in [2.05, 4.69) is 0 Å². The van der Waals surface area contributed by atoms with Crippen molar-refractivity contribution >= 4 is 23.5 Å².